The number of benzene rings is 1. The molecule has 0 saturated carbocycles. The highest BCUT2D eigenvalue weighted by Gasteiger charge is 2.02. The first-order valence-electron chi connectivity index (χ1n) is 4.39. The second-order valence-electron chi connectivity index (χ2n) is 3.17. The summed E-state index contributed by atoms with van der Waals surface area (Å²) in [4.78, 5) is 11.3. The number of anilines is 1. The third kappa shape index (κ3) is 2.94. The fraction of sp³-hybridized carbons (Fsp3) is 0.182. The van der Waals surface area contributed by atoms with E-state index < -0.39 is 0 Å². The molecule has 14 heavy (non-hydrogen) atoms. The maximum Gasteiger partial charge on any atom is 0.323 e. The minimum Gasteiger partial charge on any atom is -0.312 e. The third-order valence-electron chi connectivity index (χ3n) is 1.72. The molecule has 0 radical (unpaired) electrons. The second-order valence-corrected chi connectivity index (χ2v) is 3.17. The van der Waals surface area contributed by atoms with Gasteiger partial charge in [0.2, 0.25) is 0 Å². The van der Waals surface area contributed by atoms with Crippen LogP contribution in [0.2, 0.25) is 0 Å². The summed E-state index contributed by atoms with van der Waals surface area (Å²) in [5, 5.41) is 5.30. The van der Waals surface area contributed by atoms with Crippen molar-refractivity contribution in [3.05, 3.63) is 42.1 Å². The molecule has 2 N–H and O–H groups in total. The molecule has 1 aromatic rings. The normalized spacial score (nSPS) is 9.29. The maximum atomic E-state index is 11.3. The van der Waals surface area contributed by atoms with Gasteiger partial charge in [0.15, 0.2) is 0 Å². The highest BCUT2D eigenvalue weighted by atomic mass is 16.2. The van der Waals surface area contributed by atoms with Crippen molar-refractivity contribution in [2.45, 2.75) is 13.8 Å². The monoisotopic (exact) mass is 190 g/mol. The van der Waals surface area contributed by atoms with E-state index in [2.05, 4.69) is 17.2 Å². The molecular weight excluding hydrogens is 176 g/mol. The quantitative estimate of drug-likeness (QED) is 0.739. The Morgan fingerprint density at radius 3 is 2.57 bits per heavy atom. The molecule has 0 bridgehead atoms. The zero-order valence-electron chi connectivity index (χ0n) is 8.42. The van der Waals surface area contributed by atoms with E-state index in [1.807, 2.05) is 31.2 Å². The lowest BCUT2D eigenvalue weighted by atomic mass is 10.2. The number of hydrogen-bond donors (Lipinski definition) is 2. The predicted octanol–water partition coefficient (Wildman–Crippen LogP) is 2.65. The van der Waals surface area contributed by atoms with Gasteiger partial charge in [-0.15, -0.1) is 0 Å². The fourth-order valence-corrected chi connectivity index (χ4v) is 1.06. The van der Waals surface area contributed by atoms with Gasteiger partial charge in [-0.05, 0) is 25.5 Å². The Balaban J connectivity index is 2.65. The number of allylic oxidation sites excluding steroid dienone is 1. The molecule has 0 atom stereocenters. The average molecular weight is 190 g/mol. The van der Waals surface area contributed by atoms with Crippen LogP contribution in [0.1, 0.15) is 12.5 Å². The SMILES string of the molecule is C=C(C)NC(=O)Nc1ccccc1C. The van der Waals surface area contributed by atoms with Crippen LogP contribution >= 0.6 is 0 Å². The van der Waals surface area contributed by atoms with Crippen LogP contribution in [0.3, 0.4) is 0 Å². The van der Waals surface area contributed by atoms with Gasteiger partial charge >= 0.3 is 6.03 Å². The number of aryl methyl sites for hydroxylation is 1. The zero-order chi connectivity index (χ0) is 10.6. The van der Waals surface area contributed by atoms with Crippen LogP contribution in [0, 0.1) is 6.92 Å². The summed E-state index contributed by atoms with van der Waals surface area (Å²) in [7, 11) is 0. The van der Waals surface area contributed by atoms with Crippen molar-refractivity contribution < 1.29 is 4.79 Å². The van der Waals surface area contributed by atoms with Crippen LogP contribution in [0.15, 0.2) is 36.5 Å². The minimum atomic E-state index is -0.258. The van der Waals surface area contributed by atoms with Gasteiger partial charge in [0.05, 0.1) is 0 Å². The number of nitrogens with one attached hydrogen (secondary N) is 2. The molecule has 0 aliphatic rings. The van der Waals surface area contributed by atoms with E-state index in [1.165, 1.54) is 0 Å². The number of urea groups is 1. The molecule has 0 unspecified atom stereocenters. The first kappa shape index (κ1) is 10.3. The van der Waals surface area contributed by atoms with Gasteiger partial charge < -0.3 is 10.6 Å². The predicted molar refractivity (Wildman–Crippen MR) is 58.1 cm³/mol. The number of carbonyl (C=O) groups excluding carboxylic acids is 1. The van der Waals surface area contributed by atoms with E-state index in [0.717, 1.165) is 11.3 Å². The molecule has 0 aromatic heterocycles. The lowest BCUT2D eigenvalue weighted by Gasteiger charge is -2.08. The summed E-state index contributed by atoms with van der Waals surface area (Å²) in [6.07, 6.45) is 0. The Labute approximate surface area is 83.8 Å². The summed E-state index contributed by atoms with van der Waals surface area (Å²) >= 11 is 0. The Morgan fingerprint density at radius 2 is 2.00 bits per heavy atom. The van der Waals surface area contributed by atoms with Crippen LogP contribution in [0.4, 0.5) is 10.5 Å². The van der Waals surface area contributed by atoms with E-state index in [0.29, 0.717) is 5.70 Å². The van der Waals surface area contributed by atoms with Gasteiger partial charge in [0.1, 0.15) is 0 Å². The number of carbonyl (C=O) groups is 1. The lowest BCUT2D eigenvalue weighted by molar-refractivity contribution is 0.254. The van der Waals surface area contributed by atoms with Gasteiger partial charge in [-0.3, -0.25) is 0 Å². The van der Waals surface area contributed by atoms with E-state index >= 15 is 0 Å². The molecule has 0 saturated heterocycles. The summed E-state index contributed by atoms with van der Waals surface area (Å²) in [5.41, 5.74) is 2.46. The zero-order valence-corrected chi connectivity index (χ0v) is 8.42. The standard InChI is InChI=1S/C11H14N2O/c1-8(2)12-11(14)13-10-7-5-4-6-9(10)3/h4-7H,1H2,2-3H3,(H2,12,13,14). The Hall–Kier alpha value is -1.77. The van der Waals surface area contributed by atoms with Crippen molar-refractivity contribution in [1.29, 1.82) is 0 Å². The highest BCUT2D eigenvalue weighted by molar-refractivity contribution is 5.90. The molecule has 0 spiro atoms. The van der Waals surface area contributed by atoms with Crippen LogP contribution in [0.25, 0.3) is 0 Å². The Kier molecular flexibility index (Phi) is 3.29. The van der Waals surface area contributed by atoms with Crippen LogP contribution in [-0.2, 0) is 0 Å². The number of amides is 2. The maximum absolute atomic E-state index is 11.3. The van der Waals surface area contributed by atoms with Crippen molar-refractivity contribution in [3.8, 4) is 0 Å². The molecule has 0 heterocycles. The van der Waals surface area contributed by atoms with Gasteiger partial charge in [0, 0.05) is 11.4 Å². The second kappa shape index (κ2) is 4.46. The van der Waals surface area contributed by atoms with E-state index in [4.69, 9.17) is 0 Å². The molecule has 74 valence electrons. The topological polar surface area (TPSA) is 41.1 Å². The molecular formula is C11H14N2O. The summed E-state index contributed by atoms with van der Waals surface area (Å²) in [6.45, 7) is 7.26. The number of rotatable bonds is 2. The van der Waals surface area contributed by atoms with Crippen molar-refractivity contribution in [1.82, 2.24) is 5.32 Å². The molecule has 3 nitrogen and oxygen atoms in total. The van der Waals surface area contributed by atoms with Gasteiger partial charge in [-0.1, -0.05) is 24.8 Å². The minimum absolute atomic E-state index is 0.258. The molecule has 0 fully saturated rings. The largest absolute Gasteiger partial charge is 0.323 e. The van der Waals surface area contributed by atoms with Crippen molar-refractivity contribution in [3.63, 3.8) is 0 Å². The third-order valence-corrected chi connectivity index (χ3v) is 1.72. The first-order valence-corrected chi connectivity index (χ1v) is 4.39. The molecule has 2 amide bonds. The van der Waals surface area contributed by atoms with Crippen molar-refractivity contribution in [2.75, 3.05) is 5.32 Å². The van der Waals surface area contributed by atoms with Gasteiger partial charge in [-0.25, -0.2) is 4.79 Å². The van der Waals surface area contributed by atoms with E-state index in [9.17, 15) is 4.79 Å². The summed E-state index contributed by atoms with van der Waals surface area (Å²) in [5.74, 6) is 0. The van der Waals surface area contributed by atoms with Crippen molar-refractivity contribution >= 4 is 11.7 Å². The van der Waals surface area contributed by atoms with Gasteiger partial charge in [0.25, 0.3) is 0 Å². The van der Waals surface area contributed by atoms with Crippen LogP contribution in [-0.4, -0.2) is 6.03 Å². The van der Waals surface area contributed by atoms with Gasteiger partial charge in [-0.2, -0.15) is 0 Å². The Bertz CT molecular complexity index is 358. The number of para-hydroxylation sites is 1. The Morgan fingerprint density at radius 1 is 1.36 bits per heavy atom. The molecule has 0 aliphatic heterocycles. The lowest BCUT2D eigenvalue weighted by Crippen LogP contribution is -2.26. The molecule has 0 aliphatic carbocycles. The van der Waals surface area contributed by atoms with E-state index in [1.54, 1.807) is 6.92 Å². The van der Waals surface area contributed by atoms with Crippen molar-refractivity contribution in [2.24, 2.45) is 0 Å². The summed E-state index contributed by atoms with van der Waals surface area (Å²) < 4.78 is 0. The molecule has 1 aromatic carbocycles. The highest BCUT2D eigenvalue weighted by Crippen LogP contribution is 2.12. The summed E-state index contributed by atoms with van der Waals surface area (Å²) in [6, 6.07) is 7.34. The molecule has 3 heteroatoms. The first-order chi connectivity index (χ1) is 6.59. The smallest absolute Gasteiger partial charge is 0.312 e. The fourth-order valence-electron chi connectivity index (χ4n) is 1.06. The van der Waals surface area contributed by atoms with Crippen LogP contribution in [0.5, 0.6) is 0 Å². The number of hydrogen-bond acceptors (Lipinski definition) is 1. The average Bonchev–Trinajstić information content (AvgIpc) is 2.07. The van der Waals surface area contributed by atoms with E-state index in [-0.39, 0.29) is 6.03 Å². The van der Waals surface area contributed by atoms with Crippen LogP contribution < -0.4 is 10.6 Å². The molecule has 1 rings (SSSR count).